The molecule has 3 aromatic rings. The van der Waals surface area contributed by atoms with E-state index in [9.17, 15) is 0 Å². The van der Waals surface area contributed by atoms with Crippen molar-refractivity contribution in [1.82, 2.24) is 30.0 Å². The maximum Gasteiger partial charge on any atom is 0.180 e. The summed E-state index contributed by atoms with van der Waals surface area (Å²) in [6.45, 7) is 0.789. The van der Waals surface area contributed by atoms with E-state index in [0.717, 1.165) is 41.8 Å². The summed E-state index contributed by atoms with van der Waals surface area (Å²) in [6.07, 6.45) is 5.83. The van der Waals surface area contributed by atoms with Gasteiger partial charge in [0.25, 0.3) is 0 Å². The summed E-state index contributed by atoms with van der Waals surface area (Å²) in [5.41, 5.74) is 2.84. The first kappa shape index (κ1) is 11.9. The quantitative estimate of drug-likeness (QED) is 0.699. The Labute approximate surface area is 120 Å². The van der Waals surface area contributed by atoms with E-state index in [2.05, 4.69) is 31.3 Å². The monoisotopic (exact) mass is 279 g/mol. The Morgan fingerprint density at radius 3 is 3.19 bits per heavy atom. The minimum atomic E-state index is 0.0205. The molecule has 1 aromatic carbocycles. The van der Waals surface area contributed by atoms with Crippen molar-refractivity contribution in [3.63, 3.8) is 0 Å². The van der Waals surface area contributed by atoms with Gasteiger partial charge in [-0.05, 0) is 31.0 Å². The van der Waals surface area contributed by atoms with E-state index in [1.165, 1.54) is 0 Å². The van der Waals surface area contributed by atoms with Gasteiger partial charge < -0.3 is 9.97 Å². The summed E-state index contributed by atoms with van der Waals surface area (Å²) < 4.78 is 0. The van der Waals surface area contributed by atoms with Crippen LogP contribution in [0.15, 0.2) is 24.5 Å². The first-order valence-electron chi connectivity index (χ1n) is 6.87. The molecule has 104 valence electrons. The number of imidazole rings is 1. The molecular formula is C14H13N7. The van der Waals surface area contributed by atoms with E-state index in [-0.39, 0.29) is 6.04 Å². The van der Waals surface area contributed by atoms with Crippen LogP contribution in [0.1, 0.15) is 24.7 Å². The standard InChI is InChI=1S/C14H13N7/c15-7-21-5-1-2-12(21)14-18-13(19-20-14)9-3-4-10-11(6-9)17-8-16-10/h3-4,6,8,12H,1-2,5H2,(H,16,17)(H,18,19,20). The second-order valence-electron chi connectivity index (χ2n) is 5.14. The van der Waals surface area contributed by atoms with Gasteiger partial charge >= 0.3 is 0 Å². The highest BCUT2D eigenvalue weighted by Gasteiger charge is 2.28. The van der Waals surface area contributed by atoms with Gasteiger partial charge in [0, 0.05) is 12.1 Å². The highest BCUT2D eigenvalue weighted by atomic mass is 15.3. The molecule has 0 amide bonds. The average Bonchev–Trinajstić information content (AvgIpc) is 3.24. The Morgan fingerprint density at radius 2 is 2.29 bits per heavy atom. The van der Waals surface area contributed by atoms with Crippen LogP contribution in [-0.2, 0) is 0 Å². The molecule has 0 spiro atoms. The van der Waals surface area contributed by atoms with Crippen LogP contribution in [-0.4, -0.2) is 36.6 Å². The third-order valence-corrected chi connectivity index (χ3v) is 3.89. The Hall–Kier alpha value is -2.88. The van der Waals surface area contributed by atoms with Crippen LogP contribution in [0.2, 0.25) is 0 Å². The van der Waals surface area contributed by atoms with E-state index < -0.39 is 0 Å². The Morgan fingerprint density at radius 1 is 1.33 bits per heavy atom. The number of likely N-dealkylation sites (tertiary alicyclic amines) is 1. The van der Waals surface area contributed by atoms with Crippen molar-refractivity contribution in [2.24, 2.45) is 0 Å². The zero-order valence-corrected chi connectivity index (χ0v) is 11.2. The molecule has 1 aliphatic heterocycles. The van der Waals surface area contributed by atoms with E-state index in [1.807, 2.05) is 18.2 Å². The van der Waals surface area contributed by atoms with Gasteiger partial charge in [0.1, 0.15) is 0 Å². The van der Waals surface area contributed by atoms with Gasteiger partial charge in [-0.1, -0.05) is 0 Å². The number of rotatable bonds is 2. The van der Waals surface area contributed by atoms with E-state index >= 15 is 0 Å². The highest BCUT2D eigenvalue weighted by molar-refractivity contribution is 5.79. The minimum absolute atomic E-state index is 0.0205. The van der Waals surface area contributed by atoms with Gasteiger partial charge in [0.15, 0.2) is 17.8 Å². The molecular weight excluding hydrogens is 266 g/mol. The molecule has 7 nitrogen and oxygen atoms in total. The van der Waals surface area contributed by atoms with Crippen LogP contribution < -0.4 is 0 Å². The van der Waals surface area contributed by atoms with Gasteiger partial charge in [-0.3, -0.25) is 4.90 Å². The SMILES string of the molecule is N#CN1CCCC1c1nnc(-c2ccc3nc[nH]c3c2)[nH]1. The number of nitrogens with zero attached hydrogens (tertiary/aromatic N) is 5. The number of nitriles is 1. The molecule has 4 rings (SSSR count). The molecule has 1 unspecified atom stereocenters. The summed E-state index contributed by atoms with van der Waals surface area (Å²) in [4.78, 5) is 12.3. The normalized spacial score (nSPS) is 18.2. The number of aromatic nitrogens is 5. The van der Waals surface area contributed by atoms with E-state index in [0.29, 0.717) is 5.82 Å². The van der Waals surface area contributed by atoms with Crippen molar-refractivity contribution in [1.29, 1.82) is 5.26 Å². The van der Waals surface area contributed by atoms with Crippen molar-refractivity contribution in [3.8, 4) is 17.6 Å². The van der Waals surface area contributed by atoms with Gasteiger partial charge in [0.2, 0.25) is 0 Å². The Kier molecular flexibility index (Phi) is 2.60. The first-order chi connectivity index (χ1) is 10.3. The average molecular weight is 279 g/mol. The second-order valence-corrected chi connectivity index (χ2v) is 5.14. The molecule has 0 aliphatic carbocycles. The molecule has 21 heavy (non-hydrogen) atoms. The number of H-pyrrole nitrogens is 2. The fraction of sp³-hybridized carbons (Fsp3) is 0.286. The summed E-state index contributed by atoms with van der Waals surface area (Å²) in [7, 11) is 0. The lowest BCUT2D eigenvalue weighted by Crippen LogP contribution is -2.18. The van der Waals surface area contributed by atoms with Crippen LogP contribution in [0.4, 0.5) is 0 Å². The van der Waals surface area contributed by atoms with Crippen molar-refractivity contribution in [2.75, 3.05) is 6.54 Å². The Bertz CT molecular complexity index is 825. The third-order valence-electron chi connectivity index (χ3n) is 3.89. The lowest BCUT2D eigenvalue weighted by atomic mass is 10.2. The predicted molar refractivity (Wildman–Crippen MR) is 75.8 cm³/mol. The topological polar surface area (TPSA) is 97.3 Å². The summed E-state index contributed by atoms with van der Waals surface area (Å²) in [6, 6.07) is 5.92. The van der Waals surface area contributed by atoms with Gasteiger partial charge in [-0.25, -0.2) is 4.98 Å². The van der Waals surface area contributed by atoms with Crippen LogP contribution in [0, 0.1) is 11.5 Å². The molecule has 2 N–H and O–H groups in total. The molecule has 1 aliphatic rings. The maximum atomic E-state index is 9.12. The molecule has 0 radical (unpaired) electrons. The summed E-state index contributed by atoms with van der Waals surface area (Å²) >= 11 is 0. The fourth-order valence-electron chi connectivity index (χ4n) is 2.81. The van der Waals surface area contributed by atoms with Crippen LogP contribution in [0.25, 0.3) is 22.4 Å². The highest BCUT2D eigenvalue weighted by Crippen LogP contribution is 2.30. The third kappa shape index (κ3) is 1.92. The minimum Gasteiger partial charge on any atom is -0.345 e. The smallest absolute Gasteiger partial charge is 0.180 e. The zero-order chi connectivity index (χ0) is 14.2. The number of aromatic amines is 2. The number of hydrogen-bond donors (Lipinski definition) is 2. The lowest BCUT2D eigenvalue weighted by Gasteiger charge is -2.14. The molecule has 1 saturated heterocycles. The number of fused-ring (bicyclic) bond motifs is 1. The van der Waals surface area contributed by atoms with Gasteiger partial charge in [0.05, 0.1) is 23.4 Å². The molecule has 2 aromatic heterocycles. The number of benzene rings is 1. The largest absolute Gasteiger partial charge is 0.345 e. The van der Waals surface area contributed by atoms with Crippen LogP contribution in [0.5, 0.6) is 0 Å². The molecule has 0 saturated carbocycles. The van der Waals surface area contributed by atoms with Crippen molar-refractivity contribution < 1.29 is 0 Å². The summed E-state index contributed by atoms with van der Waals surface area (Å²) in [5, 5.41) is 17.6. The lowest BCUT2D eigenvalue weighted by molar-refractivity contribution is 0.360. The van der Waals surface area contributed by atoms with Crippen molar-refractivity contribution >= 4 is 11.0 Å². The van der Waals surface area contributed by atoms with Crippen molar-refractivity contribution in [2.45, 2.75) is 18.9 Å². The molecule has 0 bridgehead atoms. The second kappa shape index (κ2) is 4.59. The molecule has 1 atom stereocenters. The summed E-state index contributed by atoms with van der Waals surface area (Å²) in [5.74, 6) is 1.47. The van der Waals surface area contributed by atoms with E-state index in [1.54, 1.807) is 11.2 Å². The zero-order valence-electron chi connectivity index (χ0n) is 11.2. The van der Waals surface area contributed by atoms with Crippen LogP contribution in [0.3, 0.4) is 0 Å². The van der Waals surface area contributed by atoms with Crippen molar-refractivity contribution in [3.05, 3.63) is 30.4 Å². The molecule has 3 heterocycles. The maximum absolute atomic E-state index is 9.12. The Balaban J connectivity index is 1.69. The predicted octanol–water partition coefficient (Wildman–Crippen LogP) is 1.97. The molecule has 1 fully saturated rings. The van der Waals surface area contributed by atoms with Gasteiger partial charge in [-0.2, -0.15) is 5.26 Å². The van der Waals surface area contributed by atoms with E-state index in [4.69, 9.17) is 5.26 Å². The number of nitrogens with one attached hydrogen (secondary N) is 2. The van der Waals surface area contributed by atoms with Gasteiger partial charge in [-0.15, -0.1) is 10.2 Å². The van der Waals surface area contributed by atoms with Crippen LogP contribution >= 0.6 is 0 Å². The first-order valence-corrected chi connectivity index (χ1v) is 6.87. The fourth-order valence-corrected chi connectivity index (χ4v) is 2.81. The molecule has 7 heteroatoms. The number of hydrogen-bond acceptors (Lipinski definition) is 5.